The molecule has 0 saturated carbocycles. The molecule has 3 nitrogen and oxygen atoms in total. The molecule has 1 aromatic carbocycles. The average molecular weight is 235 g/mol. The number of hydrogen-bond donors (Lipinski definition) is 1. The Morgan fingerprint density at radius 1 is 1.22 bits per heavy atom. The van der Waals surface area contributed by atoms with Crippen molar-refractivity contribution >= 4 is 10.9 Å². The molecule has 0 spiro atoms. The second-order valence-corrected chi connectivity index (χ2v) is 4.23. The Hall–Kier alpha value is -2.47. The number of nitrogens with one attached hydrogen (secondary N) is 1. The molecule has 0 saturated heterocycles. The fraction of sp³-hybridized carbons (Fsp3) is 0.133. The van der Waals surface area contributed by atoms with E-state index in [0.29, 0.717) is 5.56 Å². The monoisotopic (exact) mass is 235 g/mol. The molecule has 3 heteroatoms. The van der Waals surface area contributed by atoms with Gasteiger partial charge in [-0.25, -0.2) is 0 Å². The minimum absolute atomic E-state index is 0.705. The zero-order chi connectivity index (χ0) is 12.5. The molecule has 88 valence electrons. The number of aromatic amines is 1. The second kappa shape index (κ2) is 4.08. The highest BCUT2D eigenvalue weighted by atomic mass is 15.1. The lowest BCUT2D eigenvalue weighted by Gasteiger charge is -2.05. The van der Waals surface area contributed by atoms with Gasteiger partial charge in [0.25, 0.3) is 0 Å². The van der Waals surface area contributed by atoms with Crippen molar-refractivity contribution in [3.05, 3.63) is 53.9 Å². The summed E-state index contributed by atoms with van der Waals surface area (Å²) in [5.41, 5.74) is 2.90. The molecule has 0 aliphatic heterocycles. The number of rotatable bonds is 2. The van der Waals surface area contributed by atoms with Crippen LogP contribution in [0.4, 0.5) is 0 Å². The zero-order valence-corrected chi connectivity index (χ0v) is 10.1. The van der Waals surface area contributed by atoms with Gasteiger partial charge in [0.1, 0.15) is 17.5 Å². The molecule has 0 amide bonds. The van der Waals surface area contributed by atoms with Crippen molar-refractivity contribution in [2.24, 2.45) is 0 Å². The van der Waals surface area contributed by atoms with Crippen LogP contribution in [0.3, 0.4) is 0 Å². The van der Waals surface area contributed by atoms with E-state index in [1.807, 2.05) is 36.5 Å². The van der Waals surface area contributed by atoms with Crippen LogP contribution in [0, 0.1) is 11.3 Å². The molecule has 0 bridgehead atoms. The summed E-state index contributed by atoms with van der Waals surface area (Å²) in [7, 11) is 0. The number of hydrogen-bond acceptors (Lipinski definition) is 1. The summed E-state index contributed by atoms with van der Waals surface area (Å²) in [6.45, 7) is 2.11. The van der Waals surface area contributed by atoms with Gasteiger partial charge in [0.15, 0.2) is 0 Å². The third-order valence-electron chi connectivity index (χ3n) is 3.23. The summed E-state index contributed by atoms with van der Waals surface area (Å²) in [4.78, 5) is 3.33. The normalized spacial score (nSPS) is 10.7. The highest BCUT2D eigenvalue weighted by molar-refractivity contribution is 5.89. The lowest BCUT2D eigenvalue weighted by molar-refractivity contribution is 0.913. The zero-order valence-electron chi connectivity index (χ0n) is 10.1. The average Bonchev–Trinajstić information content (AvgIpc) is 3.01. The molecule has 3 rings (SSSR count). The van der Waals surface area contributed by atoms with Crippen molar-refractivity contribution < 1.29 is 0 Å². The Labute approximate surface area is 105 Å². The number of nitriles is 1. The first kappa shape index (κ1) is 10.7. The van der Waals surface area contributed by atoms with Gasteiger partial charge in [0, 0.05) is 22.8 Å². The molecule has 1 N–H and O–H groups in total. The summed E-state index contributed by atoms with van der Waals surface area (Å²) in [5, 5.41) is 10.4. The molecule has 0 unspecified atom stereocenters. The summed E-state index contributed by atoms with van der Waals surface area (Å²) in [6.07, 6.45) is 2.93. The first-order chi connectivity index (χ1) is 8.85. The van der Waals surface area contributed by atoms with E-state index in [4.69, 9.17) is 0 Å². The summed E-state index contributed by atoms with van der Waals surface area (Å²) in [6, 6.07) is 14.3. The molecule has 2 heterocycles. The maximum absolute atomic E-state index is 9.38. The summed E-state index contributed by atoms with van der Waals surface area (Å²) in [5.74, 6) is 0.862. The molecule has 18 heavy (non-hydrogen) atoms. The Bertz CT molecular complexity index is 741. The largest absolute Gasteiger partial charge is 0.340 e. The van der Waals surface area contributed by atoms with Crippen LogP contribution in [0.15, 0.2) is 42.6 Å². The molecule has 0 aliphatic rings. The van der Waals surface area contributed by atoms with Crippen molar-refractivity contribution in [1.82, 2.24) is 9.55 Å². The van der Waals surface area contributed by atoms with Crippen LogP contribution in [0.1, 0.15) is 18.2 Å². The quantitative estimate of drug-likeness (QED) is 0.727. The van der Waals surface area contributed by atoms with Gasteiger partial charge in [-0.05, 0) is 24.6 Å². The predicted molar refractivity (Wildman–Crippen MR) is 71.7 cm³/mol. The Morgan fingerprint density at radius 2 is 2.06 bits per heavy atom. The number of H-pyrrole nitrogens is 1. The van der Waals surface area contributed by atoms with E-state index < -0.39 is 0 Å². The topological polar surface area (TPSA) is 44.5 Å². The van der Waals surface area contributed by atoms with Crippen LogP contribution in [-0.2, 0) is 6.42 Å². The van der Waals surface area contributed by atoms with Gasteiger partial charge in [-0.3, -0.25) is 0 Å². The Morgan fingerprint density at radius 3 is 2.83 bits per heavy atom. The van der Waals surface area contributed by atoms with Gasteiger partial charge in [0.2, 0.25) is 0 Å². The maximum atomic E-state index is 9.38. The van der Waals surface area contributed by atoms with Crippen LogP contribution >= 0.6 is 0 Å². The first-order valence-corrected chi connectivity index (χ1v) is 6.02. The molecule has 0 fully saturated rings. The van der Waals surface area contributed by atoms with Crippen molar-refractivity contribution in [1.29, 1.82) is 5.26 Å². The molecule has 0 radical (unpaired) electrons. The van der Waals surface area contributed by atoms with E-state index in [1.165, 1.54) is 5.69 Å². The summed E-state index contributed by atoms with van der Waals surface area (Å²) >= 11 is 0. The van der Waals surface area contributed by atoms with Crippen molar-refractivity contribution in [2.75, 3.05) is 0 Å². The smallest absolute Gasteiger partial charge is 0.133 e. The third-order valence-corrected chi connectivity index (χ3v) is 3.23. The molecule has 3 aromatic rings. The van der Waals surface area contributed by atoms with E-state index >= 15 is 0 Å². The number of benzene rings is 1. The van der Waals surface area contributed by atoms with Gasteiger partial charge in [-0.2, -0.15) is 5.26 Å². The van der Waals surface area contributed by atoms with E-state index in [9.17, 15) is 5.26 Å². The van der Waals surface area contributed by atoms with Crippen LogP contribution < -0.4 is 0 Å². The van der Waals surface area contributed by atoms with Gasteiger partial charge in [-0.1, -0.05) is 25.1 Å². The van der Waals surface area contributed by atoms with Crippen LogP contribution in [0.5, 0.6) is 0 Å². The highest BCUT2D eigenvalue weighted by Crippen LogP contribution is 2.25. The number of fused-ring (bicyclic) bond motifs is 1. The molecule has 0 aliphatic carbocycles. The number of aromatic nitrogens is 2. The summed E-state index contributed by atoms with van der Waals surface area (Å²) < 4.78 is 2.05. The number of aryl methyl sites for hydroxylation is 1. The maximum Gasteiger partial charge on any atom is 0.133 e. The first-order valence-electron chi connectivity index (χ1n) is 6.02. The highest BCUT2D eigenvalue weighted by Gasteiger charge is 2.13. The molecular formula is C15H13N3. The lowest BCUT2D eigenvalue weighted by Crippen LogP contribution is -1.99. The van der Waals surface area contributed by atoms with E-state index in [0.717, 1.165) is 23.1 Å². The van der Waals surface area contributed by atoms with Crippen LogP contribution in [0.25, 0.3) is 16.7 Å². The van der Waals surface area contributed by atoms with E-state index in [-0.39, 0.29) is 0 Å². The SMILES string of the molecule is CCc1cccn1-c1[nH]c2ccccc2c1C#N. The Balaban J connectivity index is 2.33. The van der Waals surface area contributed by atoms with Crippen LogP contribution in [0.2, 0.25) is 0 Å². The Kier molecular flexibility index (Phi) is 2.42. The van der Waals surface area contributed by atoms with Crippen molar-refractivity contribution in [3.8, 4) is 11.9 Å². The fourth-order valence-electron chi connectivity index (χ4n) is 2.34. The number of nitrogens with zero attached hydrogens (tertiary/aromatic N) is 2. The molecule has 0 atom stereocenters. The molecular weight excluding hydrogens is 222 g/mol. The minimum atomic E-state index is 0.705. The van der Waals surface area contributed by atoms with E-state index in [2.05, 4.69) is 28.6 Å². The van der Waals surface area contributed by atoms with Crippen molar-refractivity contribution in [3.63, 3.8) is 0 Å². The predicted octanol–water partition coefficient (Wildman–Crippen LogP) is 3.39. The van der Waals surface area contributed by atoms with Gasteiger partial charge in [0.05, 0.1) is 0 Å². The van der Waals surface area contributed by atoms with Crippen molar-refractivity contribution in [2.45, 2.75) is 13.3 Å². The van der Waals surface area contributed by atoms with E-state index in [1.54, 1.807) is 0 Å². The van der Waals surface area contributed by atoms with Gasteiger partial charge in [-0.15, -0.1) is 0 Å². The third kappa shape index (κ3) is 1.43. The van der Waals surface area contributed by atoms with Gasteiger partial charge < -0.3 is 9.55 Å². The number of para-hydroxylation sites is 1. The second-order valence-electron chi connectivity index (χ2n) is 4.23. The lowest BCUT2D eigenvalue weighted by atomic mass is 10.2. The fourth-order valence-corrected chi connectivity index (χ4v) is 2.34. The van der Waals surface area contributed by atoms with Crippen LogP contribution in [-0.4, -0.2) is 9.55 Å². The standard InChI is InChI=1S/C15H13N3/c1-2-11-6-5-9-18(11)15-13(10-16)12-7-3-4-8-14(12)17-15/h3-9,17H,2H2,1H3. The van der Waals surface area contributed by atoms with Gasteiger partial charge >= 0.3 is 0 Å². The minimum Gasteiger partial charge on any atom is -0.340 e. The molecule has 2 aromatic heterocycles.